The van der Waals surface area contributed by atoms with Gasteiger partial charge in [0.05, 0.1) is 4.92 Å². The summed E-state index contributed by atoms with van der Waals surface area (Å²) in [6.45, 7) is 8.66. The third kappa shape index (κ3) is 3.77. The lowest BCUT2D eigenvalue weighted by atomic mass is 9.73. The largest absolute Gasteiger partial charge is 0.354 e. The van der Waals surface area contributed by atoms with Crippen molar-refractivity contribution in [2.45, 2.75) is 58.2 Å². The van der Waals surface area contributed by atoms with Crippen LogP contribution in [-0.2, 0) is 20.7 Å². The molecule has 0 unspecified atom stereocenters. The first-order valence-electron chi connectivity index (χ1n) is 9.75. The van der Waals surface area contributed by atoms with Gasteiger partial charge in [-0.1, -0.05) is 36.7 Å². The highest BCUT2D eigenvalue weighted by atomic mass is 35.5. The van der Waals surface area contributed by atoms with E-state index in [0.717, 1.165) is 5.56 Å². The summed E-state index contributed by atoms with van der Waals surface area (Å²) in [5, 5.41) is 11.3. The number of carbonyl (C=O) groups excluding carboxylic acids is 2. The van der Waals surface area contributed by atoms with Crippen LogP contribution in [0, 0.1) is 10.1 Å². The van der Waals surface area contributed by atoms with Crippen molar-refractivity contribution in [1.82, 2.24) is 0 Å². The van der Waals surface area contributed by atoms with Crippen LogP contribution in [0.3, 0.4) is 0 Å². The summed E-state index contributed by atoms with van der Waals surface area (Å²) in [5.41, 5.74) is 0.333. The van der Waals surface area contributed by atoms with Gasteiger partial charge in [-0.2, -0.15) is 0 Å². The first-order valence-corrected chi connectivity index (χ1v) is 10.1. The Kier molecular flexibility index (Phi) is 5.60. The van der Waals surface area contributed by atoms with Gasteiger partial charge in [0.15, 0.2) is 11.6 Å². The molecule has 0 bridgehead atoms. The van der Waals surface area contributed by atoms with Crippen molar-refractivity contribution < 1.29 is 19.2 Å². The second-order valence-corrected chi connectivity index (χ2v) is 8.88. The smallest absolute Gasteiger partial charge is 0.288 e. The van der Waals surface area contributed by atoms with Crippen molar-refractivity contribution in [3.63, 3.8) is 0 Å². The molecule has 1 saturated heterocycles. The number of benzene rings is 2. The van der Waals surface area contributed by atoms with Crippen LogP contribution >= 0.6 is 11.6 Å². The number of nitro benzene ring substituents is 1. The molecule has 3 rings (SSSR count). The molecule has 0 aliphatic carbocycles. The first-order chi connectivity index (χ1) is 13.9. The van der Waals surface area contributed by atoms with E-state index in [1.807, 2.05) is 19.1 Å². The Bertz CT molecular complexity index is 1030. The highest BCUT2D eigenvalue weighted by molar-refractivity contribution is 6.32. The van der Waals surface area contributed by atoms with Crippen LogP contribution in [0.15, 0.2) is 36.4 Å². The summed E-state index contributed by atoms with van der Waals surface area (Å²) in [7, 11) is 0. The number of hydrogen-bond donors (Lipinski definition) is 0. The van der Waals surface area contributed by atoms with Crippen LogP contribution in [0.4, 0.5) is 5.69 Å². The Morgan fingerprint density at radius 2 is 1.53 bits per heavy atom. The molecule has 158 valence electrons. The van der Waals surface area contributed by atoms with Gasteiger partial charge < -0.3 is 4.74 Å². The number of halogens is 1. The Balaban J connectivity index is 2.19. The van der Waals surface area contributed by atoms with Crippen LogP contribution in [-0.4, -0.2) is 27.7 Å². The van der Waals surface area contributed by atoms with Crippen molar-refractivity contribution in [2.75, 3.05) is 0 Å². The molecule has 0 amide bonds. The molecule has 2 aromatic rings. The molecule has 2 aromatic carbocycles. The van der Waals surface area contributed by atoms with Crippen molar-refractivity contribution in [3.05, 3.63) is 62.7 Å². The van der Waals surface area contributed by atoms with E-state index in [4.69, 9.17) is 16.3 Å². The number of hydrogen-bond acceptors (Lipinski definition) is 5. The zero-order valence-corrected chi connectivity index (χ0v) is 18.4. The maximum atomic E-state index is 13.2. The maximum absolute atomic E-state index is 13.2. The van der Waals surface area contributed by atoms with Gasteiger partial charge in [0.25, 0.3) is 5.69 Å². The molecule has 0 atom stereocenters. The SMILES string of the molecule is CCc1ccc(-c2ccc(Cl)c([N+](=O)[O-])c2)cc1C1C(=O)C(C)(C)OC(C)(C)C1=O. The van der Waals surface area contributed by atoms with Gasteiger partial charge in [-0.05, 0) is 68.5 Å². The van der Waals surface area contributed by atoms with E-state index in [0.29, 0.717) is 23.1 Å². The molecule has 1 aliphatic rings. The average molecular weight is 430 g/mol. The molecule has 30 heavy (non-hydrogen) atoms. The summed E-state index contributed by atoms with van der Waals surface area (Å²) in [6.07, 6.45) is 0.634. The normalized spacial score (nSPS) is 18.5. The standard InChI is InChI=1S/C23H24ClNO5/c1-6-13-7-8-14(15-9-10-17(24)18(12-15)25(28)29)11-16(13)19-20(26)22(2,3)30-23(4,5)21(19)27/h7-12,19H,6H2,1-5H3. The minimum atomic E-state index is -1.11. The summed E-state index contributed by atoms with van der Waals surface area (Å²) in [5.74, 6) is -1.54. The number of ketones is 2. The van der Waals surface area contributed by atoms with Gasteiger partial charge >= 0.3 is 0 Å². The molecule has 1 aliphatic heterocycles. The lowest BCUT2D eigenvalue weighted by molar-refractivity contribution is -0.384. The molecule has 7 heteroatoms. The monoisotopic (exact) mass is 429 g/mol. The summed E-state index contributed by atoms with van der Waals surface area (Å²) in [4.78, 5) is 37.1. The van der Waals surface area contributed by atoms with Gasteiger partial charge in [0.1, 0.15) is 22.1 Å². The molecule has 0 spiro atoms. The lowest BCUT2D eigenvalue weighted by Gasteiger charge is -2.43. The van der Waals surface area contributed by atoms with E-state index >= 15 is 0 Å². The van der Waals surface area contributed by atoms with Crippen molar-refractivity contribution >= 4 is 28.9 Å². The number of carbonyl (C=O) groups is 2. The van der Waals surface area contributed by atoms with Gasteiger partial charge in [0.2, 0.25) is 0 Å². The van der Waals surface area contributed by atoms with Crippen LogP contribution in [0.25, 0.3) is 11.1 Å². The minimum Gasteiger partial charge on any atom is -0.354 e. The van der Waals surface area contributed by atoms with Crippen molar-refractivity contribution in [1.29, 1.82) is 0 Å². The van der Waals surface area contributed by atoms with E-state index in [1.165, 1.54) is 12.1 Å². The van der Waals surface area contributed by atoms with Crippen LogP contribution in [0.2, 0.25) is 5.02 Å². The summed E-state index contributed by atoms with van der Waals surface area (Å²) >= 11 is 5.94. The Hall–Kier alpha value is -2.57. The highest BCUT2D eigenvalue weighted by Crippen LogP contribution is 2.41. The number of Topliss-reactive ketones (excluding diaryl/α,β-unsaturated/α-hetero) is 2. The third-order valence-electron chi connectivity index (χ3n) is 5.54. The molecular weight excluding hydrogens is 406 g/mol. The van der Waals surface area contributed by atoms with Crippen LogP contribution in [0.5, 0.6) is 0 Å². The Labute approximate surface area is 180 Å². The lowest BCUT2D eigenvalue weighted by Crippen LogP contribution is -2.58. The minimum absolute atomic E-state index is 0.0486. The van der Waals surface area contributed by atoms with E-state index in [2.05, 4.69) is 0 Å². The number of aryl methyl sites for hydroxylation is 1. The fraction of sp³-hybridized carbons (Fsp3) is 0.391. The number of nitrogens with zero attached hydrogens (tertiary/aromatic N) is 1. The van der Waals surface area contributed by atoms with E-state index in [-0.39, 0.29) is 22.3 Å². The van der Waals surface area contributed by atoms with Crippen LogP contribution in [0.1, 0.15) is 51.7 Å². The van der Waals surface area contributed by atoms with Gasteiger partial charge in [0, 0.05) is 6.07 Å². The molecule has 0 saturated carbocycles. The topological polar surface area (TPSA) is 86.5 Å². The average Bonchev–Trinajstić information content (AvgIpc) is 2.66. The number of rotatable bonds is 4. The fourth-order valence-corrected chi connectivity index (χ4v) is 4.22. The number of ether oxygens (including phenoxy) is 1. The van der Waals surface area contributed by atoms with Crippen LogP contribution < -0.4 is 0 Å². The highest BCUT2D eigenvalue weighted by Gasteiger charge is 2.53. The van der Waals surface area contributed by atoms with Gasteiger partial charge in [-0.25, -0.2) is 0 Å². The zero-order valence-electron chi connectivity index (χ0n) is 17.6. The van der Waals surface area contributed by atoms with Crippen molar-refractivity contribution in [3.8, 4) is 11.1 Å². The van der Waals surface area contributed by atoms with E-state index in [9.17, 15) is 19.7 Å². The van der Waals surface area contributed by atoms with E-state index in [1.54, 1.807) is 39.8 Å². The molecule has 0 N–H and O–H groups in total. The molecule has 0 radical (unpaired) electrons. The summed E-state index contributed by atoms with van der Waals surface area (Å²) < 4.78 is 5.79. The molecule has 1 heterocycles. The molecule has 0 aromatic heterocycles. The number of nitro groups is 1. The zero-order chi connectivity index (χ0) is 22.4. The molecular formula is C23H24ClNO5. The predicted octanol–water partition coefficient (Wildman–Crippen LogP) is 5.29. The quantitative estimate of drug-likeness (QED) is 0.374. The second-order valence-electron chi connectivity index (χ2n) is 8.47. The molecule has 6 nitrogen and oxygen atoms in total. The first kappa shape index (κ1) is 22.1. The second kappa shape index (κ2) is 7.60. The van der Waals surface area contributed by atoms with Gasteiger partial charge in [-0.3, -0.25) is 19.7 Å². The fourth-order valence-electron chi connectivity index (χ4n) is 4.03. The van der Waals surface area contributed by atoms with E-state index < -0.39 is 22.0 Å². The van der Waals surface area contributed by atoms with Crippen molar-refractivity contribution in [2.24, 2.45) is 0 Å². The Morgan fingerprint density at radius 1 is 1.00 bits per heavy atom. The molecule has 1 fully saturated rings. The Morgan fingerprint density at radius 3 is 2.07 bits per heavy atom. The van der Waals surface area contributed by atoms with Gasteiger partial charge in [-0.15, -0.1) is 0 Å². The maximum Gasteiger partial charge on any atom is 0.288 e. The predicted molar refractivity (Wildman–Crippen MR) is 115 cm³/mol. The summed E-state index contributed by atoms with van der Waals surface area (Å²) in [6, 6.07) is 10.0. The third-order valence-corrected chi connectivity index (χ3v) is 5.86.